The number of nitrogens with one attached hydrogen (secondary N) is 1. The molecule has 1 amide bonds. The molecule has 4 atom stereocenters. The van der Waals surface area contributed by atoms with E-state index in [9.17, 15) is 38.1 Å². The summed E-state index contributed by atoms with van der Waals surface area (Å²) in [5.74, 6) is -1.22. The first-order chi connectivity index (χ1) is 26.7. The number of carbonyl (C=O) groups is 3. The first-order valence-corrected chi connectivity index (χ1v) is 21.2. The highest BCUT2D eigenvalue weighted by Crippen LogP contribution is 2.44. The maximum absolute atomic E-state index is 14.0. The van der Waals surface area contributed by atoms with Crippen molar-refractivity contribution in [2.24, 2.45) is 5.41 Å². The summed E-state index contributed by atoms with van der Waals surface area (Å²) >= 11 is 0. The number of pyridine rings is 2. The zero-order chi connectivity index (χ0) is 41.9. The van der Waals surface area contributed by atoms with Crippen LogP contribution in [0.2, 0.25) is 0 Å². The predicted octanol–water partition coefficient (Wildman–Crippen LogP) is 3.10. The van der Waals surface area contributed by atoms with E-state index in [-0.39, 0.29) is 68.2 Å². The molecule has 2 aliphatic heterocycles. The van der Waals surface area contributed by atoms with Crippen LogP contribution < -0.4 is 25.4 Å². The average Bonchev–Trinajstić information content (AvgIpc) is 3.49. The van der Waals surface area contributed by atoms with Crippen LogP contribution in [0.25, 0.3) is 22.3 Å². The molecule has 1 aromatic carbocycles. The second-order valence-electron chi connectivity index (χ2n) is 14.3. The van der Waals surface area contributed by atoms with Crippen LogP contribution in [-0.4, -0.2) is 71.6 Å². The topological polar surface area (TPSA) is 263 Å². The fourth-order valence-corrected chi connectivity index (χ4v) is 7.68. The van der Waals surface area contributed by atoms with Crippen molar-refractivity contribution in [3.05, 3.63) is 56.9 Å². The number of aryl methyl sites for hydroxylation is 1. The van der Waals surface area contributed by atoms with Crippen LogP contribution in [0.5, 0.6) is 5.75 Å². The number of hydrogen-bond donors (Lipinski definition) is 2. The lowest BCUT2D eigenvalue weighted by Gasteiger charge is -2.37. The van der Waals surface area contributed by atoms with Gasteiger partial charge in [0.15, 0.2) is 0 Å². The molecule has 0 bridgehead atoms. The first kappa shape index (κ1) is 44.1. The van der Waals surface area contributed by atoms with Gasteiger partial charge in [0, 0.05) is 35.7 Å². The van der Waals surface area contributed by atoms with Crippen molar-refractivity contribution < 1.29 is 70.7 Å². The zero-order valence-electron chi connectivity index (χ0n) is 32.3. The molecule has 2 aromatic heterocycles. The third-order valence-electron chi connectivity index (χ3n) is 9.22. The Morgan fingerprint density at radius 3 is 2.47 bits per heavy atom. The fourth-order valence-electron chi connectivity index (χ4n) is 6.46. The Hall–Kier alpha value is -4.03. The quantitative estimate of drug-likeness (QED) is 0.0879. The number of phosphoric ester groups is 2. The standard InChI is InChI=1S/C36H47N3O16P2/c1-7-23-24-12-11-21(53-34(43)37-13-10-14-49-18-22(19-52-56(44,45)46)55-57(47,48)51-9-3)15-28(24)38-30-25(23)17-39-29(30)16-27-26(31(39)40)20-50-33(42)36(27,8-2)54-32(41)35(4,5)6/h11-12,15-16,22H,7-10,13-14,17-20H2,1-6H3,(H,37,43)(H,47,48)(H2,44,45,46)/p-2/t22?,36-/m0/s1. The predicted molar refractivity (Wildman–Crippen MR) is 197 cm³/mol. The summed E-state index contributed by atoms with van der Waals surface area (Å²) in [6.07, 6.45) is -1.41. The van der Waals surface area contributed by atoms with Gasteiger partial charge in [-0.15, -0.1) is 0 Å². The Balaban J connectivity index is 1.30. The molecule has 57 heavy (non-hydrogen) atoms. The van der Waals surface area contributed by atoms with Crippen molar-refractivity contribution in [2.75, 3.05) is 33.0 Å². The van der Waals surface area contributed by atoms with E-state index in [0.29, 0.717) is 23.3 Å². The van der Waals surface area contributed by atoms with Gasteiger partial charge in [0.25, 0.3) is 21.2 Å². The molecule has 21 heteroatoms. The van der Waals surface area contributed by atoms with Gasteiger partial charge in [-0.1, -0.05) is 13.8 Å². The highest BCUT2D eigenvalue weighted by Gasteiger charge is 2.51. The van der Waals surface area contributed by atoms with E-state index in [2.05, 4.69) is 14.4 Å². The number of cyclic esters (lactones) is 1. The van der Waals surface area contributed by atoms with E-state index in [1.54, 1.807) is 56.5 Å². The van der Waals surface area contributed by atoms with Gasteiger partial charge in [-0.3, -0.25) is 18.7 Å². The Morgan fingerprint density at radius 2 is 1.82 bits per heavy atom. The number of benzene rings is 1. The lowest BCUT2D eigenvalue weighted by atomic mass is 9.84. The number of rotatable bonds is 17. The fraction of sp³-hybridized carbons (Fsp3) is 0.528. The lowest BCUT2D eigenvalue weighted by Crippen LogP contribution is -2.48. The van der Waals surface area contributed by atoms with Crippen LogP contribution >= 0.6 is 15.6 Å². The number of esters is 2. The average molecular weight is 838 g/mol. The minimum atomic E-state index is -5.17. The minimum Gasteiger partial charge on any atom is -0.756 e. The van der Waals surface area contributed by atoms with E-state index in [0.717, 1.165) is 16.5 Å². The smallest absolute Gasteiger partial charge is 0.412 e. The number of aromatic nitrogens is 2. The normalized spacial score (nSPS) is 18.7. The third kappa shape index (κ3) is 9.99. The van der Waals surface area contributed by atoms with Crippen LogP contribution in [-0.2, 0) is 71.7 Å². The van der Waals surface area contributed by atoms with Crippen molar-refractivity contribution >= 4 is 44.6 Å². The molecule has 0 spiro atoms. The van der Waals surface area contributed by atoms with Crippen LogP contribution in [0.4, 0.5) is 4.79 Å². The van der Waals surface area contributed by atoms with E-state index in [1.165, 1.54) is 6.92 Å². The molecule has 0 radical (unpaired) electrons. The molecule has 3 unspecified atom stereocenters. The Labute approximate surface area is 327 Å². The van der Waals surface area contributed by atoms with Crippen LogP contribution in [0.1, 0.15) is 76.6 Å². The second kappa shape index (κ2) is 17.4. The van der Waals surface area contributed by atoms with Crippen molar-refractivity contribution in [3.63, 3.8) is 0 Å². The lowest BCUT2D eigenvalue weighted by molar-refractivity contribution is -0.237. The molecule has 0 saturated carbocycles. The van der Waals surface area contributed by atoms with Gasteiger partial charge in [0.1, 0.15) is 18.5 Å². The number of hydrogen-bond acceptors (Lipinski definition) is 16. The largest absolute Gasteiger partial charge is 0.756 e. The Morgan fingerprint density at radius 1 is 1.09 bits per heavy atom. The number of amides is 1. The number of nitrogens with zero attached hydrogens (tertiary/aromatic N) is 2. The SMILES string of the molecule is CCOP(=O)([O-])OC(COCCCNC(=O)Oc1ccc2c(CC)c3c(nc2c1)-c1cc2c(c(=O)n1C3)COC(=O)[C@@]2(CC)OC(=O)C(C)(C)C)COP(=O)([O-])O. The first-order valence-electron chi connectivity index (χ1n) is 18.2. The highest BCUT2D eigenvalue weighted by molar-refractivity contribution is 7.46. The highest BCUT2D eigenvalue weighted by atomic mass is 31.2. The molecule has 0 saturated heterocycles. The number of fused-ring (bicyclic) bond motifs is 5. The maximum atomic E-state index is 14.0. The van der Waals surface area contributed by atoms with Gasteiger partial charge >= 0.3 is 18.0 Å². The summed E-state index contributed by atoms with van der Waals surface area (Å²) in [6, 6.07) is 6.65. The summed E-state index contributed by atoms with van der Waals surface area (Å²) in [6.45, 7) is 8.51. The molecule has 2 N–H and O–H groups in total. The summed E-state index contributed by atoms with van der Waals surface area (Å²) in [7, 11) is -9.98. The summed E-state index contributed by atoms with van der Waals surface area (Å²) in [4.78, 5) is 89.7. The molecule has 3 aromatic rings. The zero-order valence-corrected chi connectivity index (χ0v) is 34.1. The Bertz CT molecular complexity index is 2200. The number of ether oxygens (including phenoxy) is 4. The number of phosphoric acid groups is 2. The third-order valence-corrected chi connectivity index (χ3v) is 10.8. The van der Waals surface area contributed by atoms with Crippen molar-refractivity contribution in [2.45, 2.75) is 85.7 Å². The molecule has 0 aliphatic carbocycles. The molecule has 19 nitrogen and oxygen atoms in total. The monoisotopic (exact) mass is 837 g/mol. The van der Waals surface area contributed by atoms with Crippen molar-refractivity contribution in [1.82, 2.24) is 14.9 Å². The minimum absolute atomic E-state index is 0.0236. The van der Waals surface area contributed by atoms with E-state index < -0.39 is 64.0 Å². The molecule has 4 heterocycles. The molecular weight excluding hydrogens is 792 g/mol. The summed E-state index contributed by atoms with van der Waals surface area (Å²) < 4.78 is 60.0. The van der Waals surface area contributed by atoms with Gasteiger partial charge in [-0.05, 0) is 70.7 Å². The van der Waals surface area contributed by atoms with Gasteiger partial charge in [-0.2, -0.15) is 0 Å². The number of carbonyl (C=O) groups excluding carboxylic acids is 3. The van der Waals surface area contributed by atoms with Crippen molar-refractivity contribution in [1.29, 1.82) is 0 Å². The van der Waals surface area contributed by atoms with E-state index in [1.807, 2.05) is 6.92 Å². The molecule has 2 aliphatic rings. The summed E-state index contributed by atoms with van der Waals surface area (Å²) in [5.41, 5.74) is 0.498. The van der Waals surface area contributed by atoms with E-state index in [4.69, 9.17) is 33.3 Å². The maximum Gasteiger partial charge on any atom is 0.412 e. The molecule has 312 valence electrons. The van der Waals surface area contributed by atoms with Gasteiger partial charge in [0.2, 0.25) is 5.60 Å². The second-order valence-corrected chi connectivity index (χ2v) is 16.8. The summed E-state index contributed by atoms with van der Waals surface area (Å²) in [5, 5.41) is 3.35. The van der Waals surface area contributed by atoms with Gasteiger partial charge in [0.05, 0.1) is 54.2 Å². The van der Waals surface area contributed by atoms with Crippen molar-refractivity contribution in [3.8, 4) is 17.1 Å². The van der Waals surface area contributed by atoms with Crippen LogP contribution in [0.15, 0.2) is 29.1 Å². The van der Waals surface area contributed by atoms with Gasteiger partial charge < -0.3 is 57.1 Å². The van der Waals surface area contributed by atoms with Crippen LogP contribution in [0, 0.1) is 5.41 Å². The Kier molecular flexibility index (Phi) is 13.5. The molecular formula is C36H45N3O16P2-2. The van der Waals surface area contributed by atoms with E-state index >= 15 is 0 Å². The van der Waals surface area contributed by atoms with Gasteiger partial charge in [-0.25, -0.2) is 14.6 Å². The van der Waals surface area contributed by atoms with Crippen LogP contribution in [0.3, 0.4) is 0 Å². The molecule has 0 fully saturated rings. The molecule has 5 rings (SSSR count).